The van der Waals surface area contributed by atoms with E-state index in [-0.39, 0.29) is 24.1 Å². The lowest BCUT2D eigenvalue weighted by Crippen LogP contribution is -2.40. The molecule has 0 aromatic carbocycles. The molecule has 1 saturated heterocycles. The lowest BCUT2D eigenvalue weighted by atomic mass is 10.2. The SMILES string of the molecule is C=C(C)CN(CC(=O)O)C1CCS(=O)(=O)C1. The molecule has 92 valence electrons. The summed E-state index contributed by atoms with van der Waals surface area (Å²) in [6.45, 7) is 5.83. The van der Waals surface area contributed by atoms with Crippen LogP contribution in [-0.2, 0) is 14.6 Å². The van der Waals surface area contributed by atoms with E-state index < -0.39 is 15.8 Å². The molecule has 0 bridgehead atoms. The number of rotatable bonds is 5. The van der Waals surface area contributed by atoms with Crippen LogP contribution in [0.5, 0.6) is 0 Å². The van der Waals surface area contributed by atoms with Gasteiger partial charge in [-0.3, -0.25) is 9.69 Å². The summed E-state index contributed by atoms with van der Waals surface area (Å²) in [5.74, 6) is -0.720. The first-order chi connectivity index (χ1) is 7.30. The van der Waals surface area contributed by atoms with Crippen LogP contribution >= 0.6 is 0 Å². The molecule has 1 aliphatic rings. The molecule has 5 nitrogen and oxygen atoms in total. The lowest BCUT2D eigenvalue weighted by Gasteiger charge is -2.26. The largest absolute Gasteiger partial charge is 0.480 e. The Morgan fingerprint density at radius 3 is 2.50 bits per heavy atom. The summed E-state index contributed by atoms with van der Waals surface area (Å²) in [5.41, 5.74) is 0.838. The van der Waals surface area contributed by atoms with Crippen molar-refractivity contribution < 1.29 is 18.3 Å². The fourth-order valence-corrected chi connectivity index (χ4v) is 3.66. The van der Waals surface area contributed by atoms with Gasteiger partial charge in [0.05, 0.1) is 18.1 Å². The number of aliphatic carboxylic acids is 1. The van der Waals surface area contributed by atoms with Crippen molar-refractivity contribution in [2.75, 3.05) is 24.6 Å². The third-order valence-corrected chi connectivity index (χ3v) is 4.29. The topological polar surface area (TPSA) is 74.7 Å². The Bertz CT molecular complexity index is 372. The van der Waals surface area contributed by atoms with Crippen LogP contribution in [0.3, 0.4) is 0 Å². The first kappa shape index (κ1) is 13.2. The average Bonchev–Trinajstić information content (AvgIpc) is 2.43. The molecule has 0 aliphatic carbocycles. The minimum Gasteiger partial charge on any atom is -0.480 e. The van der Waals surface area contributed by atoms with Gasteiger partial charge in [0.1, 0.15) is 0 Å². The molecule has 0 aromatic rings. The lowest BCUT2D eigenvalue weighted by molar-refractivity contribution is -0.138. The first-order valence-electron chi connectivity index (χ1n) is 5.11. The van der Waals surface area contributed by atoms with Crippen LogP contribution in [-0.4, -0.2) is 55.0 Å². The van der Waals surface area contributed by atoms with Crippen molar-refractivity contribution >= 4 is 15.8 Å². The third kappa shape index (κ3) is 3.94. The van der Waals surface area contributed by atoms with Gasteiger partial charge >= 0.3 is 5.97 Å². The monoisotopic (exact) mass is 247 g/mol. The molecule has 1 N–H and O–H groups in total. The normalized spacial score (nSPS) is 23.5. The number of carboxylic acid groups (broad SMARTS) is 1. The van der Waals surface area contributed by atoms with Crippen LogP contribution in [0.15, 0.2) is 12.2 Å². The third-order valence-electron chi connectivity index (χ3n) is 2.54. The molecule has 0 saturated carbocycles. The van der Waals surface area contributed by atoms with Gasteiger partial charge in [-0.15, -0.1) is 0 Å². The number of hydrogen-bond donors (Lipinski definition) is 1. The number of carbonyl (C=O) groups is 1. The van der Waals surface area contributed by atoms with Gasteiger partial charge in [0, 0.05) is 12.6 Å². The predicted octanol–water partition coefficient (Wildman–Crippen LogP) is 0.136. The van der Waals surface area contributed by atoms with Crippen LogP contribution in [0.2, 0.25) is 0 Å². The van der Waals surface area contributed by atoms with Crippen molar-refractivity contribution in [3.8, 4) is 0 Å². The molecule has 16 heavy (non-hydrogen) atoms. The Balaban J connectivity index is 2.69. The predicted molar refractivity (Wildman–Crippen MR) is 61.1 cm³/mol. The zero-order valence-electron chi connectivity index (χ0n) is 9.35. The Labute approximate surface area is 95.7 Å². The summed E-state index contributed by atoms with van der Waals surface area (Å²) in [5, 5.41) is 8.77. The Hall–Kier alpha value is -0.880. The van der Waals surface area contributed by atoms with Crippen LogP contribution in [0, 0.1) is 0 Å². The zero-order valence-corrected chi connectivity index (χ0v) is 10.2. The molecule has 0 spiro atoms. The van der Waals surface area contributed by atoms with Gasteiger partial charge in [-0.2, -0.15) is 0 Å². The second kappa shape index (κ2) is 4.97. The van der Waals surface area contributed by atoms with Gasteiger partial charge in [-0.05, 0) is 13.3 Å². The maximum Gasteiger partial charge on any atom is 0.317 e. The van der Waals surface area contributed by atoms with E-state index in [1.165, 1.54) is 0 Å². The maximum absolute atomic E-state index is 11.3. The number of sulfone groups is 1. The Morgan fingerprint density at radius 1 is 1.50 bits per heavy atom. The molecule has 0 amide bonds. The van der Waals surface area contributed by atoms with Gasteiger partial charge in [-0.25, -0.2) is 8.42 Å². The molecule has 1 fully saturated rings. The highest BCUT2D eigenvalue weighted by Gasteiger charge is 2.32. The first-order valence-corrected chi connectivity index (χ1v) is 6.93. The molecule has 1 unspecified atom stereocenters. The molecule has 1 atom stereocenters. The van der Waals surface area contributed by atoms with E-state index in [0.717, 1.165) is 5.57 Å². The summed E-state index contributed by atoms with van der Waals surface area (Å²) >= 11 is 0. The summed E-state index contributed by atoms with van der Waals surface area (Å²) in [6.07, 6.45) is 0.517. The van der Waals surface area contributed by atoms with Crippen LogP contribution < -0.4 is 0 Å². The molecule has 6 heteroatoms. The second-order valence-corrected chi connectivity index (χ2v) is 6.54. The van der Waals surface area contributed by atoms with E-state index in [4.69, 9.17) is 5.11 Å². The number of carboxylic acids is 1. The standard InChI is InChI=1S/C10H17NO4S/c1-8(2)5-11(6-10(12)13)9-3-4-16(14,15)7-9/h9H,1,3-7H2,2H3,(H,12,13). The van der Waals surface area contributed by atoms with E-state index in [0.29, 0.717) is 13.0 Å². The summed E-state index contributed by atoms with van der Waals surface area (Å²) in [4.78, 5) is 12.4. The fourth-order valence-electron chi connectivity index (χ4n) is 1.90. The molecular formula is C10H17NO4S. The summed E-state index contributed by atoms with van der Waals surface area (Å²) in [6, 6.07) is -0.183. The van der Waals surface area contributed by atoms with E-state index in [9.17, 15) is 13.2 Å². The molecule has 1 aliphatic heterocycles. The van der Waals surface area contributed by atoms with Gasteiger partial charge in [-0.1, -0.05) is 12.2 Å². The van der Waals surface area contributed by atoms with Crippen molar-refractivity contribution in [3.63, 3.8) is 0 Å². The minimum atomic E-state index is -2.98. The van der Waals surface area contributed by atoms with Gasteiger partial charge < -0.3 is 5.11 Å². The van der Waals surface area contributed by atoms with Crippen molar-refractivity contribution in [1.29, 1.82) is 0 Å². The molecule has 0 radical (unpaired) electrons. The highest BCUT2D eigenvalue weighted by Crippen LogP contribution is 2.18. The quantitative estimate of drug-likeness (QED) is 0.699. The maximum atomic E-state index is 11.3. The molecular weight excluding hydrogens is 230 g/mol. The van der Waals surface area contributed by atoms with Gasteiger partial charge in [0.15, 0.2) is 9.84 Å². The summed E-state index contributed by atoms with van der Waals surface area (Å²) < 4.78 is 22.6. The zero-order chi connectivity index (χ0) is 12.3. The van der Waals surface area contributed by atoms with Gasteiger partial charge in [0.25, 0.3) is 0 Å². The van der Waals surface area contributed by atoms with Crippen LogP contribution in [0.25, 0.3) is 0 Å². The minimum absolute atomic E-state index is 0.0631. The second-order valence-electron chi connectivity index (χ2n) is 4.31. The molecule has 1 rings (SSSR count). The molecule has 0 aromatic heterocycles. The average molecular weight is 247 g/mol. The van der Waals surface area contributed by atoms with E-state index in [2.05, 4.69) is 6.58 Å². The van der Waals surface area contributed by atoms with Gasteiger partial charge in [0.2, 0.25) is 0 Å². The van der Waals surface area contributed by atoms with E-state index >= 15 is 0 Å². The summed E-state index contributed by atoms with van der Waals surface area (Å²) in [7, 11) is -2.98. The van der Waals surface area contributed by atoms with Crippen molar-refractivity contribution in [2.45, 2.75) is 19.4 Å². The van der Waals surface area contributed by atoms with E-state index in [1.807, 2.05) is 0 Å². The van der Waals surface area contributed by atoms with Crippen LogP contribution in [0.4, 0.5) is 0 Å². The Kier molecular flexibility index (Phi) is 4.09. The number of nitrogens with zero attached hydrogens (tertiary/aromatic N) is 1. The highest BCUT2D eigenvalue weighted by molar-refractivity contribution is 7.91. The highest BCUT2D eigenvalue weighted by atomic mass is 32.2. The fraction of sp³-hybridized carbons (Fsp3) is 0.700. The Morgan fingerprint density at radius 2 is 2.12 bits per heavy atom. The van der Waals surface area contributed by atoms with Crippen LogP contribution in [0.1, 0.15) is 13.3 Å². The van der Waals surface area contributed by atoms with Crippen molar-refractivity contribution in [2.24, 2.45) is 0 Å². The number of hydrogen-bond acceptors (Lipinski definition) is 4. The molecule has 1 heterocycles. The van der Waals surface area contributed by atoms with Crippen molar-refractivity contribution in [1.82, 2.24) is 4.90 Å². The van der Waals surface area contributed by atoms with Crippen molar-refractivity contribution in [3.05, 3.63) is 12.2 Å². The smallest absolute Gasteiger partial charge is 0.317 e. The van der Waals surface area contributed by atoms with E-state index in [1.54, 1.807) is 11.8 Å².